The van der Waals surface area contributed by atoms with E-state index >= 15 is 0 Å². The van der Waals surface area contributed by atoms with Crippen LogP contribution in [0.15, 0.2) is 29.5 Å². The van der Waals surface area contributed by atoms with Gasteiger partial charge >= 0.3 is 5.97 Å². The fourth-order valence-corrected chi connectivity index (χ4v) is 4.87. The molecule has 1 aliphatic heterocycles. The standard InChI is InChI=1S/C22H22N2O8/c1-7-8-5-4-6-9(25)11(8)16(26)12-10(7)20(32-22(12)31)13-15(24(2)3)17(27)14(21(23)30)19(29)18(13)28/h4-6,13,15,18,20,25-28H,1-3H3,(H2,23,30)/t13-,15-,18-,20-/m0/s1. The van der Waals surface area contributed by atoms with Crippen molar-refractivity contribution in [1.29, 1.82) is 0 Å². The second kappa shape index (κ2) is 7.21. The van der Waals surface area contributed by atoms with Gasteiger partial charge in [-0.3, -0.25) is 14.5 Å². The molecule has 32 heavy (non-hydrogen) atoms. The summed E-state index contributed by atoms with van der Waals surface area (Å²) >= 11 is 0. The number of cyclic esters (lactones) is 1. The van der Waals surface area contributed by atoms with Gasteiger partial charge in [0, 0.05) is 5.56 Å². The number of fused-ring (bicyclic) bond motifs is 2. The summed E-state index contributed by atoms with van der Waals surface area (Å²) in [7, 11) is 3.10. The van der Waals surface area contributed by atoms with E-state index in [9.17, 15) is 34.8 Å². The number of nitrogens with two attached hydrogens (primary N) is 1. The number of carbonyl (C=O) groups is 3. The molecule has 10 heteroatoms. The van der Waals surface area contributed by atoms with E-state index < -0.39 is 58.9 Å². The van der Waals surface area contributed by atoms with Crippen LogP contribution in [-0.4, -0.2) is 69.2 Å². The SMILES string of the molecule is Cc1c2c(c(O)c3c(O)cccc13)C(=O)O[C@@H]2[C@@H]1[C@H](O)C(=O)C(C(N)=O)=C(O)[C@H]1N(C)C. The van der Waals surface area contributed by atoms with Gasteiger partial charge in [-0.15, -0.1) is 0 Å². The largest absolute Gasteiger partial charge is 0.510 e. The number of amides is 1. The first-order chi connectivity index (χ1) is 15.0. The number of rotatable bonds is 3. The van der Waals surface area contributed by atoms with E-state index in [1.54, 1.807) is 33.2 Å². The molecule has 0 fully saturated rings. The predicted octanol–water partition coefficient (Wildman–Crippen LogP) is 0.558. The number of ketones is 1. The fourth-order valence-electron chi connectivity index (χ4n) is 4.87. The molecule has 1 heterocycles. The molecule has 6 N–H and O–H groups in total. The van der Waals surface area contributed by atoms with Crippen LogP contribution in [0.25, 0.3) is 10.8 Å². The zero-order chi connectivity index (χ0) is 23.6. The van der Waals surface area contributed by atoms with Gasteiger partial charge < -0.3 is 30.9 Å². The van der Waals surface area contributed by atoms with Crippen LogP contribution >= 0.6 is 0 Å². The molecule has 0 unspecified atom stereocenters. The van der Waals surface area contributed by atoms with Gasteiger partial charge in [-0.2, -0.15) is 0 Å². The van der Waals surface area contributed by atoms with Crippen molar-refractivity contribution in [2.45, 2.75) is 25.2 Å². The van der Waals surface area contributed by atoms with E-state index in [4.69, 9.17) is 10.5 Å². The van der Waals surface area contributed by atoms with Crippen LogP contribution in [0.2, 0.25) is 0 Å². The number of nitrogens with zero attached hydrogens (tertiary/aromatic N) is 1. The van der Waals surface area contributed by atoms with Crippen LogP contribution in [0.5, 0.6) is 11.5 Å². The number of hydrogen-bond acceptors (Lipinski definition) is 9. The Kier molecular flexibility index (Phi) is 4.87. The molecule has 2 aliphatic rings. The average molecular weight is 442 g/mol. The number of carbonyl (C=O) groups excluding carboxylic acids is 3. The van der Waals surface area contributed by atoms with Crippen LogP contribution in [0.3, 0.4) is 0 Å². The number of benzene rings is 2. The Bertz CT molecular complexity index is 1230. The van der Waals surface area contributed by atoms with Crippen molar-refractivity contribution in [2.75, 3.05) is 14.1 Å². The van der Waals surface area contributed by atoms with E-state index in [1.807, 2.05) is 0 Å². The highest BCUT2D eigenvalue weighted by atomic mass is 16.6. The van der Waals surface area contributed by atoms with Crippen molar-refractivity contribution in [3.8, 4) is 11.5 Å². The zero-order valence-corrected chi connectivity index (χ0v) is 17.5. The smallest absolute Gasteiger partial charge is 0.343 e. The number of aromatic hydroxyl groups is 2. The monoisotopic (exact) mass is 442 g/mol. The Morgan fingerprint density at radius 2 is 1.81 bits per heavy atom. The first kappa shape index (κ1) is 21.6. The topological polar surface area (TPSA) is 171 Å². The molecule has 0 radical (unpaired) electrons. The number of phenolic OH excluding ortho intramolecular Hbond substituents is 2. The first-order valence-electron chi connectivity index (χ1n) is 9.78. The Labute approximate surface area is 182 Å². The zero-order valence-electron chi connectivity index (χ0n) is 17.5. The van der Waals surface area contributed by atoms with Crippen LogP contribution in [0.4, 0.5) is 0 Å². The van der Waals surface area contributed by atoms with Gasteiger partial charge in [0.1, 0.15) is 40.6 Å². The Balaban J connectivity index is 1.99. The molecule has 0 saturated carbocycles. The third-order valence-electron chi connectivity index (χ3n) is 6.25. The number of aryl methyl sites for hydroxylation is 1. The van der Waals surface area contributed by atoms with Crippen LogP contribution in [0, 0.1) is 12.8 Å². The molecule has 2 aromatic rings. The molecular weight excluding hydrogens is 420 g/mol. The summed E-state index contributed by atoms with van der Waals surface area (Å²) in [5, 5.41) is 43.1. The van der Waals surface area contributed by atoms with Gasteiger partial charge in [0.2, 0.25) is 5.78 Å². The maximum absolute atomic E-state index is 12.8. The van der Waals surface area contributed by atoms with E-state index in [-0.39, 0.29) is 22.3 Å². The van der Waals surface area contributed by atoms with Crippen molar-refractivity contribution in [3.63, 3.8) is 0 Å². The molecule has 1 amide bonds. The number of phenols is 2. The number of ether oxygens (including phenoxy) is 1. The van der Waals surface area contributed by atoms with Gasteiger partial charge in [-0.05, 0) is 38.0 Å². The van der Waals surface area contributed by atoms with Gasteiger partial charge in [-0.1, -0.05) is 12.1 Å². The molecule has 0 bridgehead atoms. The summed E-state index contributed by atoms with van der Waals surface area (Å²) < 4.78 is 5.52. The molecule has 0 aromatic heterocycles. The molecule has 0 spiro atoms. The number of Topliss-reactive ketones (excluding diaryl/α,β-unsaturated/α-hetero) is 1. The molecule has 10 nitrogen and oxygen atoms in total. The normalized spacial score (nSPS) is 25.4. The van der Waals surface area contributed by atoms with Crippen LogP contribution in [-0.2, 0) is 14.3 Å². The van der Waals surface area contributed by atoms with Gasteiger partial charge in [0.05, 0.1) is 17.3 Å². The molecule has 0 saturated heterocycles. The predicted molar refractivity (Wildman–Crippen MR) is 111 cm³/mol. The number of esters is 1. The Hall–Kier alpha value is -3.63. The lowest BCUT2D eigenvalue weighted by molar-refractivity contribution is -0.136. The van der Waals surface area contributed by atoms with Crippen molar-refractivity contribution in [1.82, 2.24) is 4.90 Å². The molecule has 168 valence electrons. The minimum absolute atomic E-state index is 0.0736. The third kappa shape index (κ3) is 2.76. The van der Waals surface area contributed by atoms with E-state index in [0.717, 1.165) is 0 Å². The van der Waals surface area contributed by atoms with Crippen molar-refractivity contribution >= 4 is 28.4 Å². The van der Waals surface area contributed by atoms with Crippen molar-refractivity contribution < 1.29 is 39.5 Å². The highest BCUT2D eigenvalue weighted by Gasteiger charge is 2.54. The number of aliphatic hydroxyl groups is 2. The number of hydrogen-bond donors (Lipinski definition) is 5. The molecule has 2 aromatic carbocycles. The minimum atomic E-state index is -1.83. The quantitative estimate of drug-likeness (QED) is 0.336. The molecule has 4 atom stereocenters. The summed E-state index contributed by atoms with van der Waals surface area (Å²) in [5.41, 5.74) is 5.05. The maximum atomic E-state index is 12.8. The molecular formula is C22H22N2O8. The molecule has 1 aliphatic carbocycles. The summed E-state index contributed by atoms with van der Waals surface area (Å²) in [6, 6.07) is 3.47. The Morgan fingerprint density at radius 3 is 2.41 bits per heavy atom. The van der Waals surface area contributed by atoms with E-state index in [2.05, 4.69) is 0 Å². The molecule has 4 rings (SSSR count). The summed E-state index contributed by atoms with van der Waals surface area (Å²) in [4.78, 5) is 38.7. The summed E-state index contributed by atoms with van der Waals surface area (Å²) in [6.07, 6.45) is -3.07. The lowest BCUT2D eigenvalue weighted by atomic mass is 9.74. The lowest BCUT2D eigenvalue weighted by Gasteiger charge is -2.40. The highest BCUT2D eigenvalue weighted by molar-refractivity contribution is 6.21. The second-order valence-corrected chi connectivity index (χ2v) is 8.21. The van der Waals surface area contributed by atoms with Crippen molar-refractivity contribution in [3.05, 3.63) is 46.2 Å². The highest BCUT2D eigenvalue weighted by Crippen LogP contribution is 2.51. The minimum Gasteiger partial charge on any atom is -0.510 e. The number of primary amides is 1. The van der Waals surface area contributed by atoms with E-state index in [1.165, 1.54) is 11.0 Å². The maximum Gasteiger partial charge on any atom is 0.343 e. The van der Waals surface area contributed by atoms with Crippen LogP contribution < -0.4 is 5.73 Å². The van der Waals surface area contributed by atoms with Gasteiger partial charge in [0.25, 0.3) is 5.91 Å². The second-order valence-electron chi connectivity index (χ2n) is 8.21. The van der Waals surface area contributed by atoms with Crippen molar-refractivity contribution in [2.24, 2.45) is 11.7 Å². The summed E-state index contributed by atoms with van der Waals surface area (Å²) in [6.45, 7) is 1.65. The first-order valence-corrected chi connectivity index (χ1v) is 9.78. The number of aliphatic hydroxyl groups excluding tert-OH is 2. The third-order valence-corrected chi connectivity index (χ3v) is 6.25. The Morgan fingerprint density at radius 1 is 1.16 bits per heavy atom. The van der Waals surface area contributed by atoms with Gasteiger partial charge in [0.15, 0.2) is 0 Å². The van der Waals surface area contributed by atoms with Gasteiger partial charge in [-0.25, -0.2) is 4.79 Å². The van der Waals surface area contributed by atoms with E-state index in [0.29, 0.717) is 10.9 Å². The number of likely N-dealkylation sites (N-methyl/N-ethyl adjacent to an activating group) is 1. The lowest BCUT2D eigenvalue weighted by Crippen LogP contribution is -2.54. The average Bonchev–Trinajstić information content (AvgIpc) is 3.05. The summed E-state index contributed by atoms with van der Waals surface area (Å²) in [5.74, 6) is -5.73. The fraction of sp³-hybridized carbons (Fsp3) is 0.318. The van der Waals surface area contributed by atoms with Crippen LogP contribution in [0.1, 0.15) is 27.6 Å².